The molecule has 0 saturated carbocycles. The molecule has 0 aliphatic carbocycles. The third-order valence-electron chi connectivity index (χ3n) is 8.45. The molecule has 0 radical (unpaired) electrons. The lowest BCUT2D eigenvalue weighted by Crippen LogP contribution is -2.48. The van der Waals surface area contributed by atoms with E-state index in [9.17, 15) is 4.79 Å². The van der Waals surface area contributed by atoms with Crippen molar-refractivity contribution < 1.29 is 13.9 Å². The van der Waals surface area contributed by atoms with Crippen LogP contribution in [0, 0.1) is 5.41 Å². The van der Waals surface area contributed by atoms with Crippen molar-refractivity contribution in [3.63, 3.8) is 0 Å². The van der Waals surface area contributed by atoms with Crippen molar-refractivity contribution in [2.24, 2.45) is 5.41 Å². The highest BCUT2D eigenvalue weighted by atomic mass is 16.5. The molecular formula is C25H41N5O3. The maximum Gasteiger partial charge on any atom is 0.236 e. The van der Waals surface area contributed by atoms with Gasteiger partial charge in [0.15, 0.2) is 0 Å². The number of nitrogens with zero attached hydrogens (tertiary/aromatic N) is 5. The van der Waals surface area contributed by atoms with Gasteiger partial charge in [-0.25, -0.2) is 0 Å². The van der Waals surface area contributed by atoms with Gasteiger partial charge in [-0.2, -0.15) is 0 Å². The summed E-state index contributed by atoms with van der Waals surface area (Å²) >= 11 is 0. The molecule has 0 N–H and O–H groups in total. The summed E-state index contributed by atoms with van der Waals surface area (Å²) < 4.78 is 11.7. The van der Waals surface area contributed by atoms with Crippen molar-refractivity contribution in [2.75, 3.05) is 52.5 Å². The fourth-order valence-electron chi connectivity index (χ4n) is 6.36. The molecule has 1 unspecified atom stereocenters. The Kier molecular flexibility index (Phi) is 7.04. The lowest BCUT2D eigenvalue weighted by Gasteiger charge is -2.43. The third kappa shape index (κ3) is 5.13. The molecule has 4 saturated heterocycles. The van der Waals surface area contributed by atoms with Crippen LogP contribution in [0.4, 0.5) is 0 Å². The van der Waals surface area contributed by atoms with Crippen molar-refractivity contribution in [1.82, 2.24) is 24.9 Å². The standard InChI is InChI=1S/C25H41N5O3/c1-19(2)23-26-27-24(33-23)21-16-25(8-12-28(13-9-25)20-6-14-32-15-7-20)18-30(21)17-22(31)29-10-4-3-5-11-29/h19-21H,3-18H2,1-2H3. The van der Waals surface area contributed by atoms with Gasteiger partial charge in [0.2, 0.25) is 17.7 Å². The fraction of sp³-hybridized carbons (Fsp3) is 0.880. The molecule has 1 atom stereocenters. The number of hydrogen-bond donors (Lipinski definition) is 0. The van der Waals surface area contributed by atoms with Crippen LogP contribution in [-0.4, -0.2) is 89.3 Å². The molecule has 5 rings (SSSR count). The summed E-state index contributed by atoms with van der Waals surface area (Å²) in [4.78, 5) is 20.3. The van der Waals surface area contributed by atoms with Gasteiger partial charge in [-0.05, 0) is 69.9 Å². The number of ether oxygens (including phenoxy) is 1. The lowest BCUT2D eigenvalue weighted by atomic mass is 9.76. The number of amides is 1. The van der Waals surface area contributed by atoms with Crippen LogP contribution in [0.3, 0.4) is 0 Å². The van der Waals surface area contributed by atoms with Gasteiger partial charge < -0.3 is 19.0 Å². The lowest BCUT2D eigenvalue weighted by molar-refractivity contribution is -0.133. The minimum atomic E-state index is 0.0494. The van der Waals surface area contributed by atoms with Gasteiger partial charge in [0, 0.05) is 44.8 Å². The van der Waals surface area contributed by atoms with Gasteiger partial charge in [-0.3, -0.25) is 9.69 Å². The van der Waals surface area contributed by atoms with Crippen molar-refractivity contribution >= 4 is 5.91 Å². The van der Waals surface area contributed by atoms with Crippen molar-refractivity contribution in [2.45, 2.75) is 83.2 Å². The Labute approximate surface area is 198 Å². The Morgan fingerprint density at radius 3 is 2.45 bits per heavy atom. The van der Waals surface area contributed by atoms with Crippen molar-refractivity contribution in [1.29, 1.82) is 0 Å². The molecule has 184 valence electrons. The third-order valence-corrected chi connectivity index (χ3v) is 8.45. The molecule has 33 heavy (non-hydrogen) atoms. The highest BCUT2D eigenvalue weighted by Crippen LogP contribution is 2.49. The Morgan fingerprint density at radius 2 is 1.79 bits per heavy atom. The van der Waals surface area contributed by atoms with Crippen LogP contribution in [0.25, 0.3) is 0 Å². The summed E-state index contributed by atoms with van der Waals surface area (Å²) in [5.41, 5.74) is 0.237. The van der Waals surface area contributed by atoms with E-state index < -0.39 is 0 Å². The maximum atomic E-state index is 13.2. The zero-order chi connectivity index (χ0) is 22.8. The monoisotopic (exact) mass is 459 g/mol. The minimum absolute atomic E-state index is 0.0494. The van der Waals surface area contributed by atoms with Crippen LogP contribution in [0.5, 0.6) is 0 Å². The Bertz CT molecular complexity index is 792. The Hall–Kier alpha value is -1.51. The molecule has 8 nitrogen and oxygen atoms in total. The van der Waals surface area contributed by atoms with Crippen molar-refractivity contribution in [3.8, 4) is 0 Å². The predicted octanol–water partition coefficient (Wildman–Crippen LogP) is 3.21. The highest BCUT2D eigenvalue weighted by molar-refractivity contribution is 5.78. The first-order chi connectivity index (χ1) is 16.0. The molecule has 1 aromatic rings. The van der Waals surface area contributed by atoms with Gasteiger partial charge >= 0.3 is 0 Å². The largest absolute Gasteiger partial charge is 0.423 e. The average molecular weight is 460 g/mol. The first-order valence-electron chi connectivity index (χ1n) is 13.2. The maximum absolute atomic E-state index is 13.2. The molecule has 0 aromatic carbocycles. The molecule has 1 spiro atoms. The van der Waals surface area contributed by atoms with E-state index in [0.29, 0.717) is 24.4 Å². The smallest absolute Gasteiger partial charge is 0.236 e. The molecule has 4 fully saturated rings. The zero-order valence-electron chi connectivity index (χ0n) is 20.5. The number of piperidine rings is 2. The highest BCUT2D eigenvalue weighted by Gasteiger charge is 2.49. The van der Waals surface area contributed by atoms with Gasteiger partial charge in [-0.15, -0.1) is 10.2 Å². The second kappa shape index (κ2) is 10.0. The quantitative estimate of drug-likeness (QED) is 0.669. The number of carbonyl (C=O) groups excluding carboxylic acids is 1. The van der Waals surface area contributed by atoms with E-state index in [0.717, 1.165) is 78.0 Å². The second-order valence-corrected chi connectivity index (χ2v) is 11.1. The summed E-state index contributed by atoms with van der Waals surface area (Å²) in [7, 11) is 0. The Morgan fingerprint density at radius 1 is 1.06 bits per heavy atom. The van der Waals surface area contributed by atoms with Crippen LogP contribution in [0.2, 0.25) is 0 Å². The molecule has 5 heterocycles. The van der Waals surface area contributed by atoms with Crippen LogP contribution in [0.15, 0.2) is 4.42 Å². The summed E-state index contributed by atoms with van der Waals surface area (Å²) in [6, 6.07) is 0.725. The SMILES string of the molecule is CC(C)c1nnc(C2CC3(CCN(C4CCOCC4)CC3)CN2CC(=O)N2CCCCC2)o1. The van der Waals surface area contributed by atoms with Gasteiger partial charge in [0.1, 0.15) is 0 Å². The Balaban J connectivity index is 1.29. The van der Waals surface area contributed by atoms with Gasteiger partial charge in [-0.1, -0.05) is 13.8 Å². The van der Waals surface area contributed by atoms with Crippen molar-refractivity contribution in [3.05, 3.63) is 11.8 Å². The number of carbonyl (C=O) groups is 1. The first kappa shape index (κ1) is 23.2. The first-order valence-corrected chi connectivity index (χ1v) is 13.2. The summed E-state index contributed by atoms with van der Waals surface area (Å²) in [5, 5.41) is 8.76. The van der Waals surface area contributed by atoms with Crippen LogP contribution in [0.1, 0.15) is 89.0 Å². The molecule has 1 amide bonds. The molecule has 0 bridgehead atoms. The summed E-state index contributed by atoms with van der Waals surface area (Å²) in [6.45, 7) is 11.5. The second-order valence-electron chi connectivity index (χ2n) is 11.1. The van der Waals surface area contributed by atoms with Crippen LogP contribution >= 0.6 is 0 Å². The van der Waals surface area contributed by atoms with E-state index in [2.05, 4.69) is 38.7 Å². The van der Waals surface area contributed by atoms with Crippen LogP contribution < -0.4 is 0 Å². The molecule has 4 aliphatic rings. The average Bonchev–Trinajstić information content (AvgIpc) is 3.46. The normalized spacial score (nSPS) is 27.6. The molecule has 8 heteroatoms. The van der Waals surface area contributed by atoms with Gasteiger partial charge in [0.05, 0.1) is 12.6 Å². The van der Waals surface area contributed by atoms with E-state index in [1.807, 2.05) is 0 Å². The molecule has 1 aromatic heterocycles. The van der Waals surface area contributed by atoms with E-state index in [1.165, 1.54) is 19.3 Å². The number of rotatable bonds is 5. The van der Waals surface area contributed by atoms with E-state index in [-0.39, 0.29) is 23.3 Å². The molecule has 4 aliphatic heterocycles. The molecular weight excluding hydrogens is 418 g/mol. The topological polar surface area (TPSA) is 74.9 Å². The zero-order valence-corrected chi connectivity index (χ0v) is 20.5. The predicted molar refractivity (Wildman–Crippen MR) is 125 cm³/mol. The minimum Gasteiger partial charge on any atom is -0.423 e. The van der Waals surface area contributed by atoms with Crippen LogP contribution in [-0.2, 0) is 9.53 Å². The van der Waals surface area contributed by atoms with Gasteiger partial charge in [0.25, 0.3) is 0 Å². The number of hydrogen-bond acceptors (Lipinski definition) is 7. The van der Waals surface area contributed by atoms with E-state index in [4.69, 9.17) is 9.15 Å². The van der Waals surface area contributed by atoms with E-state index >= 15 is 0 Å². The summed E-state index contributed by atoms with van der Waals surface area (Å²) in [6.07, 6.45) is 9.19. The van der Waals surface area contributed by atoms with E-state index in [1.54, 1.807) is 0 Å². The summed E-state index contributed by atoms with van der Waals surface area (Å²) in [5.74, 6) is 1.88. The number of likely N-dealkylation sites (tertiary alicyclic amines) is 3. The fourth-order valence-corrected chi connectivity index (χ4v) is 6.36. The number of aromatic nitrogens is 2.